The standard InChI is InChI=1S/C21H13BrF4N6O2S/c1-11(21(24,25)26)31-35(33,34)12-3-4-17(30-10-12)19-14(9-27)13-7-16(23)15(22)8-18(13)32(19)20-28-5-2-6-29-20/h2-8,10-11,31H,1H3. The lowest BCUT2D eigenvalue weighted by Gasteiger charge is -2.17. The number of halogens is 5. The van der Waals surface area contributed by atoms with Crippen LogP contribution in [0, 0.1) is 17.1 Å². The highest BCUT2D eigenvalue weighted by Gasteiger charge is 2.39. The first kappa shape index (κ1) is 24.7. The van der Waals surface area contributed by atoms with Crippen molar-refractivity contribution in [3.63, 3.8) is 0 Å². The molecule has 180 valence electrons. The van der Waals surface area contributed by atoms with E-state index in [1.807, 2.05) is 6.07 Å². The minimum absolute atomic E-state index is 0.0192. The van der Waals surface area contributed by atoms with Crippen LogP contribution in [0.1, 0.15) is 12.5 Å². The highest BCUT2D eigenvalue weighted by Crippen LogP contribution is 2.37. The van der Waals surface area contributed by atoms with Crippen molar-refractivity contribution in [1.29, 1.82) is 5.26 Å². The Bertz CT molecular complexity index is 1570. The Kier molecular flexibility index (Phi) is 6.34. The zero-order valence-corrected chi connectivity index (χ0v) is 19.9. The predicted molar refractivity (Wildman–Crippen MR) is 120 cm³/mol. The van der Waals surface area contributed by atoms with Crippen molar-refractivity contribution in [3.8, 4) is 23.4 Å². The maximum absolute atomic E-state index is 14.3. The first-order valence-corrected chi connectivity index (χ1v) is 12.0. The number of nitriles is 1. The van der Waals surface area contributed by atoms with Gasteiger partial charge >= 0.3 is 6.18 Å². The maximum Gasteiger partial charge on any atom is 0.404 e. The smallest absolute Gasteiger partial charge is 0.275 e. The number of alkyl halides is 3. The maximum atomic E-state index is 14.3. The SMILES string of the molecule is CC(NS(=O)(=O)c1ccc(-c2c(C#N)c3cc(F)c(Br)cc3n2-c2ncccn2)nc1)C(F)(F)F. The van der Waals surface area contributed by atoms with Gasteiger partial charge < -0.3 is 0 Å². The van der Waals surface area contributed by atoms with Gasteiger partial charge in [-0.3, -0.25) is 9.55 Å². The fourth-order valence-corrected chi connectivity index (χ4v) is 4.80. The zero-order valence-electron chi connectivity index (χ0n) is 17.5. The minimum Gasteiger partial charge on any atom is -0.275 e. The van der Waals surface area contributed by atoms with E-state index in [0.717, 1.165) is 18.3 Å². The van der Waals surface area contributed by atoms with E-state index >= 15 is 0 Å². The lowest BCUT2D eigenvalue weighted by molar-refractivity contribution is -0.147. The topological polar surface area (TPSA) is 114 Å². The minimum atomic E-state index is -4.78. The molecule has 1 N–H and O–H groups in total. The van der Waals surface area contributed by atoms with Gasteiger partial charge in [-0.05, 0) is 53.2 Å². The number of benzene rings is 1. The molecule has 1 unspecified atom stereocenters. The largest absolute Gasteiger partial charge is 0.404 e. The fourth-order valence-electron chi connectivity index (χ4n) is 3.30. The lowest BCUT2D eigenvalue weighted by Crippen LogP contribution is -2.42. The van der Waals surface area contributed by atoms with Crippen molar-refractivity contribution >= 4 is 36.9 Å². The van der Waals surface area contributed by atoms with Crippen LogP contribution < -0.4 is 4.72 Å². The summed E-state index contributed by atoms with van der Waals surface area (Å²) in [5, 5.41) is 10.1. The lowest BCUT2D eigenvalue weighted by atomic mass is 10.1. The van der Waals surface area contributed by atoms with Crippen LogP contribution in [0.3, 0.4) is 0 Å². The van der Waals surface area contributed by atoms with Crippen LogP contribution in [0.5, 0.6) is 0 Å². The normalized spacial score (nSPS) is 13.1. The highest BCUT2D eigenvalue weighted by molar-refractivity contribution is 9.10. The average molecular weight is 569 g/mol. The molecule has 0 saturated carbocycles. The molecule has 0 aliphatic heterocycles. The Hall–Kier alpha value is -3.41. The van der Waals surface area contributed by atoms with Gasteiger partial charge in [0.15, 0.2) is 0 Å². The number of rotatable bonds is 5. The third-order valence-electron chi connectivity index (χ3n) is 4.99. The summed E-state index contributed by atoms with van der Waals surface area (Å²) in [6.07, 6.45) is -0.993. The number of nitrogens with one attached hydrogen (secondary N) is 1. The summed E-state index contributed by atoms with van der Waals surface area (Å²) in [4.78, 5) is 12.0. The second-order valence-corrected chi connectivity index (χ2v) is 9.84. The third kappa shape index (κ3) is 4.62. The Morgan fingerprint density at radius 2 is 1.86 bits per heavy atom. The van der Waals surface area contributed by atoms with Crippen LogP contribution in [0.4, 0.5) is 17.6 Å². The van der Waals surface area contributed by atoms with E-state index in [-0.39, 0.29) is 32.8 Å². The van der Waals surface area contributed by atoms with Crippen LogP contribution >= 0.6 is 15.9 Å². The van der Waals surface area contributed by atoms with Crippen LogP contribution in [0.2, 0.25) is 0 Å². The number of hydrogen-bond acceptors (Lipinski definition) is 6. The van der Waals surface area contributed by atoms with Crippen molar-refractivity contribution in [2.45, 2.75) is 24.0 Å². The summed E-state index contributed by atoms with van der Waals surface area (Å²) in [5.41, 5.74) is 0.622. The molecule has 0 spiro atoms. The molecule has 14 heteroatoms. The number of pyridine rings is 1. The first-order chi connectivity index (χ1) is 16.4. The summed E-state index contributed by atoms with van der Waals surface area (Å²) >= 11 is 3.12. The molecule has 0 amide bonds. The predicted octanol–water partition coefficient (Wildman–Crippen LogP) is 4.48. The molecule has 4 aromatic rings. The summed E-state index contributed by atoms with van der Waals surface area (Å²) in [5.74, 6) is -0.488. The molecule has 0 radical (unpaired) electrons. The second kappa shape index (κ2) is 8.99. The second-order valence-electron chi connectivity index (χ2n) is 7.27. The van der Waals surface area contributed by atoms with E-state index in [1.165, 1.54) is 29.1 Å². The van der Waals surface area contributed by atoms with Gasteiger partial charge in [0.25, 0.3) is 0 Å². The van der Waals surface area contributed by atoms with Gasteiger partial charge in [-0.2, -0.15) is 23.2 Å². The van der Waals surface area contributed by atoms with Gasteiger partial charge in [0.2, 0.25) is 16.0 Å². The van der Waals surface area contributed by atoms with E-state index in [1.54, 1.807) is 10.8 Å². The molecule has 0 fully saturated rings. The molecule has 0 aliphatic carbocycles. The van der Waals surface area contributed by atoms with Crippen molar-refractivity contribution in [1.82, 2.24) is 24.2 Å². The molecular formula is C21H13BrF4N6O2S. The van der Waals surface area contributed by atoms with Gasteiger partial charge in [-0.25, -0.2) is 22.8 Å². The van der Waals surface area contributed by atoms with Crippen LogP contribution in [-0.4, -0.2) is 40.2 Å². The molecule has 0 saturated heterocycles. The van der Waals surface area contributed by atoms with Crippen LogP contribution in [0.15, 0.2) is 58.3 Å². The molecule has 1 aromatic carbocycles. The van der Waals surface area contributed by atoms with E-state index in [4.69, 9.17) is 0 Å². The summed E-state index contributed by atoms with van der Waals surface area (Å²) < 4.78 is 80.7. The fraction of sp³-hybridized carbons (Fsp3) is 0.143. The molecule has 1 atom stereocenters. The van der Waals surface area contributed by atoms with Crippen LogP contribution in [-0.2, 0) is 10.0 Å². The average Bonchev–Trinajstić information content (AvgIpc) is 3.12. The summed E-state index contributed by atoms with van der Waals surface area (Å²) in [7, 11) is -4.54. The molecular weight excluding hydrogens is 556 g/mol. The molecule has 8 nitrogen and oxygen atoms in total. The van der Waals surface area contributed by atoms with Gasteiger partial charge in [0.1, 0.15) is 22.8 Å². The Balaban J connectivity index is 1.90. The van der Waals surface area contributed by atoms with Crippen molar-refractivity contribution in [2.24, 2.45) is 0 Å². The Morgan fingerprint density at radius 1 is 1.17 bits per heavy atom. The molecule has 35 heavy (non-hydrogen) atoms. The molecule has 4 rings (SSSR count). The summed E-state index contributed by atoms with van der Waals surface area (Å²) in [6, 6.07) is 6.14. The first-order valence-electron chi connectivity index (χ1n) is 9.70. The Morgan fingerprint density at radius 3 is 2.43 bits per heavy atom. The van der Waals surface area contributed by atoms with E-state index in [2.05, 4.69) is 30.9 Å². The van der Waals surface area contributed by atoms with Crippen LogP contribution in [0.25, 0.3) is 28.2 Å². The number of nitrogens with zero attached hydrogens (tertiary/aromatic N) is 5. The van der Waals surface area contributed by atoms with Crippen molar-refractivity contribution in [2.75, 3.05) is 0 Å². The van der Waals surface area contributed by atoms with Gasteiger partial charge in [-0.15, -0.1) is 0 Å². The monoisotopic (exact) mass is 568 g/mol. The number of hydrogen-bond donors (Lipinski definition) is 1. The van der Waals surface area contributed by atoms with Gasteiger partial charge in [-0.1, -0.05) is 0 Å². The van der Waals surface area contributed by atoms with Crippen molar-refractivity contribution in [3.05, 3.63) is 64.8 Å². The third-order valence-corrected chi connectivity index (χ3v) is 7.12. The quantitative estimate of drug-likeness (QED) is 0.355. The molecule has 3 heterocycles. The van der Waals surface area contributed by atoms with E-state index in [0.29, 0.717) is 12.4 Å². The molecule has 0 bridgehead atoms. The summed E-state index contributed by atoms with van der Waals surface area (Å²) in [6.45, 7) is 0.675. The van der Waals surface area contributed by atoms with E-state index < -0.39 is 33.0 Å². The van der Waals surface area contributed by atoms with E-state index in [9.17, 15) is 31.2 Å². The number of aromatic nitrogens is 4. The Labute approximate surface area is 204 Å². The molecule has 3 aromatic heterocycles. The van der Waals surface area contributed by atoms with Gasteiger partial charge in [0.05, 0.1) is 26.9 Å². The highest BCUT2D eigenvalue weighted by atomic mass is 79.9. The number of fused-ring (bicyclic) bond motifs is 1. The van der Waals surface area contributed by atoms with Gasteiger partial charge in [0, 0.05) is 24.0 Å². The zero-order chi connectivity index (χ0) is 25.5. The molecule has 0 aliphatic rings. The number of sulfonamides is 1. The van der Waals surface area contributed by atoms with Crippen molar-refractivity contribution < 1.29 is 26.0 Å².